The van der Waals surface area contributed by atoms with Gasteiger partial charge in [0.25, 0.3) is 0 Å². The van der Waals surface area contributed by atoms with Crippen molar-refractivity contribution in [3.8, 4) is 0 Å². The molecule has 2 heterocycles. The Morgan fingerprint density at radius 2 is 2.08 bits per heavy atom. The Hall–Kier alpha value is -2.01. The van der Waals surface area contributed by atoms with Gasteiger partial charge in [-0.15, -0.1) is 11.8 Å². The van der Waals surface area contributed by atoms with E-state index in [1.54, 1.807) is 24.2 Å². The zero-order valence-corrected chi connectivity index (χ0v) is 14.8. The van der Waals surface area contributed by atoms with Crippen molar-refractivity contribution < 1.29 is 4.79 Å². The fourth-order valence-electron chi connectivity index (χ4n) is 2.94. The van der Waals surface area contributed by atoms with Crippen LogP contribution < -0.4 is 10.2 Å². The molecule has 3 rings (SSSR count). The van der Waals surface area contributed by atoms with Crippen molar-refractivity contribution in [1.82, 2.24) is 10.3 Å². The number of carbonyl (C=O) groups is 1. The SMILES string of the molecule is CN1CCCc2cc(CNC(=O)CSCc3ccncc3)ccc21. The van der Waals surface area contributed by atoms with E-state index in [1.807, 2.05) is 12.1 Å². The largest absolute Gasteiger partial charge is 0.374 e. The maximum Gasteiger partial charge on any atom is 0.230 e. The molecule has 1 aliphatic heterocycles. The van der Waals surface area contributed by atoms with E-state index >= 15 is 0 Å². The molecule has 0 fully saturated rings. The lowest BCUT2D eigenvalue weighted by Gasteiger charge is -2.27. The standard InChI is InChI=1S/C19H23N3OS/c1-22-10-2-3-17-11-16(4-5-18(17)22)12-21-19(23)14-24-13-15-6-8-20-9-7-15/h4-9,11H,2-3,10,12-14H2,1H3,(H,21,23). The Bertz CT molecular complexity index is 690. The second kappa shape index (κ2) is 8.20. The van der Waals surface area contributed by atoms with Gasteiger partial charge >= 0.3 is 0 Å². The van der Waals surface area contributed by atoms with Gasteiger partial charge in [-0.05, 0) is 47.7 Å². The quantitative estimate of drug-likeness (QED) is 0.877. The zero-order valence-electron chi connectivity index (χ0n) is 14.0. The van der Waals surface area contributed by atoms with E-state index < -0.39 is 0 Å². The summed E-state index contributed by atoms with van der Waals surface area (Å²) in [5, 5.41) is 3.02. The number of hydrogen-bond donors (Lipinski definition) is 1. The van der Waals surface area contributed by atoms with Crippen molar-refractivity contribution in [2.45, 2.75) is 25.1 Å². The number of aryl methyl sites for hydroxylation is 1. The first-order valence-corrected chi connectivity index (χ1v) is 9.44. The maximum absolute atomic E-state index is 12.0. The van der Waals surface area contributed by atoms with Crippen molar-refractivity contribution in [3.05, 3.63) is 59.4 Å². The van der Waals surface area contributed by atoms with E-state index in [0.717, 1.165) is 18.7 Å². The third kappa shape index (κ3) is 4.51. The van der Waals surface area contributed by atoms with Crippen LogP contribution in [0.5, 0.6) is 0 Å². The van der Waals surface area contributed by atoms with Gasteiger partial charge in [-0.2, -0.15) is 0 Å². The lowest BCUT2D eigenvalue weighted by Crippen LogP contribution is -2.26. The first-order chi connectivity index (χ1) is 11.7. The summed E-state index contributed by atoms with van der Waals surface area (Å²) in [7, 11) is 2.14. The number of hydrogen-bond acceptors (Lipinski definition) is 4. The molecule has 1 aromatic heterocycles. The first-order valence-electron chi connectivity index (χ1n) is 8.28. The molecular formula is C19H23N3OS. The summed E-state index contributed by atoms with van der Waals surface area (Å²) in [6.07, 6.45) is 5.89. The van der Waals surface area contributed by atoms with Gasteiger partial charge < -0.3 is 10.2 Å². The summed E-state index contributed by atoms with van der Waals surface area (Å²) < 4.78 is 0. The monoisotopic (exact) mass is 341 g/mol. The van der Waals surface area contributed by atoms with Gasteiger partial charge in [0.1, 0.15) is 0 Å². The van der Waals surface area contributed by atoms with Crippen LogP contribution in [0.1, 0.15) is 23.1 Å². The molecule has 1 amide bonds. The number of rotatable bonds is 6. The number of thioether (sulfide) groups is 1. The highest BCUT2D eigenvalue weighted by atomic mass is 32.2. The summed E-state index contributed by atoms with van der Waals surface area (Å²) in [5.41, 5.74) is 5.09. The van der Waals surface area contributed by atoms with Gasteiger partial charge in [-0.1, -0.05) is 12.1 Å². The molecule has 0 bridgehead atoms. The first kappa shape index (κ1) is 16.8. The lowest BCUT2D eigenvalue weighted by molar-refractivity contribution is -0.118. The number of aromatic nitrogens is 1. The summed E-state index contributed by atoms with van der Waals surface area (Å²) >= 11 is 1.63. The molecule has 0 spiro atoms. The Balaban J connectivity index is 1.44. The van der Waals surface area contributed by atoms with Gasteiger partial charge in [0.15, 0.2) is 0 Å². The second-order valence-electron chi connectivity index (χ2n) is 6.11. The van der Waals surface area contributed by atoms with Crippen LogP contribution in [0.3, 0.4) is 0 Å². The molecule has 0 saturated heterocycles. The molecule has 1 aliphatic rings. The number of nitrogens with one attached hydrogen (secondary N) is 1. The van der Waals surface area contributed by atoms with Crippen LogP contribution in [-0.2, 0) is 23.5 Å². The van der Waals surface area contributed by atoms with Gasteiger partial charge in [0.2, 0.25) is 5.91 Å². The molecule has 4 nitrogen and oxygen atoms in total. The summed E-state index contributed by atoms with van der Waals surface area (Å²) in [6.45, 7) is 1.73. The van der Waals surface area contributed by atoms with Crippen molar-refractivity contribution in [3.63, 3.8) is 0 Å². The molecule has 0 radical (unpaired) electrons. The highest BCUT2D eigenvalue weighted by Crippen LogP contribution is 2.26. The summed E-state index contributed by atoms with van der Waals surface area (Å²) in [4.78, 5) is 18.3. The molecule has 0 atom stereocenters. The van der Waals surface area contributed by atoms with Crippen LogP contribution in [0.4, 0.5) is 5.69 Å². The van der Waals surface area contributed by atoms with E-state index in [4.69, 9.17) is 0 Å². The van der Waals surface area contributed by atoms with E-state index in [1.165, 1.54) is 28.8 Å². The van der Waals surface area contributed by atoms with Gasteiger partial charge in [0.05, 0.1) is 5.75 Å². The number of pyridine rings is 1. The van der Waals surface area contributed by atoms with Crippen molar-refractivity contribution >= 4 is 23.4 Å². The molecule has 0 aliphatic carbocycles. The Kier molecular flexibility index (Phi) is 5.75. The third-order valence-electron chi connectivity index (χ3n) is 4.24. The van der Waals surface area contributed by atoms with Crippen molar-refractivity contribution in [1.29, 1.82) is 0 Å². The average molecular weight is 341 g/mol. The van der Waals surface area contributed by atoms with Crippen LogP contribution in [0, 0.1) is 0 Å². The van der Waals surface area contributed by atoms with Gasteiger partial charge in [-0.3, -0.25) is 9.78 Å². The molecule has 0 saturated carbocycles. The number of nitrogens with zero attached hydrogens (tertiary/aromatic N) is 2. The predicted octanol–water partition coefficient (Wildman–Crippen LogP) is 3.01. The van der Waals surface area contributed by atoms with Crippen molar-refractivity contribution in [2.75, 3.05) is 24.2 Å². The number of fused-ring (bicyclic) bond motifs is 1. The molecule has 0 unspecified atom stereocenters. The van der Waals surface area contributed by atoms with E-state index in [-0.39, 0.29) is 5.91 Å². The summed E-state index contributed by atoms with van der Waals surface area (Å²) in [6, 6.07) is 10.5. The molecule has 1 aromatic carbocycles. The Morgan fingerprint density at radius 3 is 2.92 bits per heavy atom. The van der Waals surface area contributed by atoms with Crippen LogP contribution in [0.2, 0.25) is 0 Å². The third-order valence-corrected chi connectivity index (χ3v) is 5.24. The molecule has 5 heteroatoms. The molecular weight excluding hydrogens is 318 g/mol. The van der Waals surface area contributed by atoms with Gasteiger partial charge in [0, 0.05) is 44.0 Å². The van der Waals surface area contributed by atoms with Crippen molar-refractivity contribution in [2.24, 2.45) is 0 Å². The predicted molar refractivity (Wildman–Crippen MR) is 100 cm³/mol. The highest BCUT2D eigenvalue weighted by molar-refractivity contribution is 7.99. The topological polar surface area (TPSA) is 45.2 Å². The second-order valence-corrected chi connectivity index (χ2v) is 7.10. The normalized spacial score (nSPS) is 13.5. The Labute approximate surface area is 147 Å². The molecule has 1 N–H and O–H groups in total. The fraction of sp³-hybridized carbons (Fsp3) is 0.368. The highest BCUT2D eigenvalue weighted by Gasteiger charge is 2.13. The van der Waals surface area contributed by atoms with Crippen LogP contribution in [-0.4, -0.2) is 30.2 Å². The van der Waals surface area contributed by atoms with Crippen LogP contribution in [0.15, 0.2) is 42.7 Å². The van der Waals surface area contributed by atoms with E-state index in [2.05, 4.69) is 40.4 Å². The number of anilines is 1. The zero-order chi connectivity index (χ0) is 16.8. The number of benzene rings is 1. The number of amides is 1. The minimum absolute atomic E-state index is 0.0869. The Morgan fingerprint density at radius 1 is 1.25 bits per heavy atom. The lowest BCUT2D eigenvalue weighted by atomic mass is 9.99. The summed E-state index contributed by atoms with van der Waals surface area (Å²) in [5.74, 6) is 1.40. The van der Waals surface area contributed by atoms with Crippen LogP contribution >= 0.6 is 11.8 Å². The van der Waals surface area contributed by atoms with E-state index in [0.29, 0.717) is 12.3 Å². The fourth-order valence-corrected chi connectivity index (χ4v) is 3.76. The minimum Gasteiger partial charge on any atom is -0.374 e. The molecule has 24 heavy (non-hydrogen) atoms. The maximum atomic E-state index is 12.0. The van der Waals surface area contributed by atoms with Gasteiger partial charge in [-0.25, -0.2) is 0 Å². The minimum atomic E-state index is 0.0869. The molecule has 2 aromatic rings. The van der Waals surface area contributed by atoms with E-state index in [9.17, 15) is 4.79 Å². The molecule has 126 valence electrons. The number of carbonyl (C=O) groups excluding carboxylic acids is 1. The van der Waals surface area contributed by atoms with Crippen LogP contribution in [0.25, 0.3) is 0 Å². The average Bonchev–Trinajstić information content (AvgIpc) is 2.61. The smallest absolute Gasteiger partial charge is 0.230 e.